The fourth-order valence-corrected chi connectivity index (χ4v) is 6.73. The molecule has 5 heterocycles. The van der Waals surface area contributed by atoms with E-state index in [0.717, 1.165) is 75.1 Å². The number of ether oxygens (including phenoxy) is 1. The minimum Gasteiger partial charge on any atom is -0.503 e. The number of benzene rings is 1. The molecule has 0 spiro atoms. The fourth-order valence-electron chi connectivity index (χ4n) is 6.73. The van der Waals surface area contributed by atoms with E-state index >= 15 is 0 Å². The summed E-state index contributed by atoms with van der Waals surface area (Å²) < 4.78 is 9.49. The molecule has 0 amide bonds. The van der Waals surface area contributed by atoms with Gasteiger partial charge in [0.25, 0.3) is 5.56 Å². The molecule has 2 saturated heterocycles. The number of para-hydroxylation sites is 2. The first-order valence-corrected chi connectivity index (χ1v) is 13.8. The Morgan fingerprint density at radius 2 is 1.72 bits per heavy atom. The van der Waals surface area contributed by atoms with Gasteiger partial charge in [-0.25, -0.2) is 0 Å². The van der Waals surface area contributed by atoms with Crippen LogP contribution in [0.25, 0.3) is 0 Å². The van der Waals surface area contributed by atoms with Gasteiger partial charge in [0.1, 0.15) is 5.75 Å². The van der Waals surface area contributed by atoms with Crippen molar-refractivity contribution in [1.82, 2.24) is 18.9 Å². The van der Waals surface area contributed by atoms with Crippen LogP contribution in [0.2, 0.25) is 0 Å². The minimum atomic E-state index is -0.320. The number of piperazine rings is 1. The van der Waals surface area contributed by atoms with Gasteiger partial charge in [-0.15, -0.1) is 0 Å². The lowest BCUT2D eigenvalue weighted by atomic mass is 9.83. The van der Waals surface area contributed by atoms with Crippen molar-refractivity contribution >= 4 is 5.69 Å². The van der Waals surface area contributed by atoms with Crippen molar-refractivity contribution in [2.24, 2.45) is 13.0 Å². The van der Waals surface area contributed by atoms with Crippen LogP contribution in [0.15, 0.2) is 58.1 Å². The van der Waals surface area contributed by atoms with Crippen molar-refractivity contribution in [2.75, 3.05) is 51.3 Å². The van der Waals surface area contributed by atoms with Crippen molar-refractivity contribution in [1.29, 1.82) is 0 Å². The number of likely N-dealkylation sites (tertiary alicyclic amines) is 1. The van der Waals surface area contributed by atoms with Crippen molar-refractivity contribution in [3.8, 4) is 11.5 Å². The molecule has 3 aliphatic heterocycles. The molecular weight excluding hydrogens is 494 g/mol. The lowest BCUT2D eigenvalue weighted by Gasteiger charge is -2.43. The maximum atomic E-state index is 12.8. The molecule has 3 aromatic rings. The van der Waals surface area contributed by atoms with E-state index in [9.17, 15) is 14.7 Å². The SMILES string of the molecule is COc1ccccc1N1CCN(Cc2c(O)c(=O)cc(CN3C[C@@H]4C[C@H](C3)c3cccc(=O)n3C4)n2C)CC1. The Morgan fingerprint density at radius 1 is 0.923 bits per heavy atom. The van der Waals surface area contributed by atoms with Gasteiger partial charge in [0.2, 0.25) is 5.43 Å². The summed E-state index contributed by atoms with van der Waals surface area (Å²) in [4.78, 5) is 32.2. The molecule has 0 unspecified atom stereocenters. The number of aromatic hydroxyl groups is 1. The molecule has 2 atom stereocenters. The smallest absolute Gasteiger partial charge is 0.250 e. The third-order valence-corrected chi connectivity index (χ3v) is 8.75. The number of piperidine rings is 1. The third-order valence-electron chi connectivity index (χ3n) is 8.75. The van der Waals surface area contributed by atoms with Crippen LogP contribution in [0, 0.1) is 5.92 Å². The van der Waals surface area contributed by atoms with E-state index in [4.69, 9.17) is 4.74 Å². The van der Waals surface area contributed by atoms with Gasteiger partial charge in [-0.05, 0) is 30.5 Å². The number of hydrogen-bond donors (Lipinski definition) is 1. The number of hydrogen-bond acceptors (Lipinski definition) is 7. The summed E-state index contributed by atoms with van der Waals surface area (Å²) in [7, 11) is 3.65. The van der Waals surface area contributed by atoms with E-state index in [-0.39, 0.29) is 16.7 Å². The lowest BCUT2D eigenvalue weighted by molar-refractivity contribution is 0.112. The maximum Gasteiger partial charge on any atom is 0.250 e. The summed E-state index contributed by atoms with van der Waals surface area (Å²) in [6.45, 7) is 7.00. The Morgan fingerprint density at radius 3 is 2.51 bits per heavy atom. The summed E-state index contributed by atoms with van der Waals surface area (Å²) in [6.07, 6.45) is 1.10. The normalized spacial score (nSPS) is 21.5. The van der Waals surface area contributed by atoms with Crippen LogP contribution in [0.4, 0.5) is 5.69 Å². The Bertz CT molecular complexity index is 1470. The first-order chi connectivity index (χ1) is 18.9. The van der Waals surface area contributed by atoms with E-state index in [0.29, 0.717) is 30.6 Å². The number of aromatic nitrogens is 2. The summed E-state index contributed by atoms with van der Waals surface area (Å²) in [5.41, 5.74) is 3.56. The highest BCUT2D eigenvalue weighted by Gasteiger charge is 2.34. The number of methoxy groups -OCH3 is 1. The summed E-state index contributed by atoms with van der Waals surface area (Å²) >= 11 is 0. The quantitative estimate of drug-likeness (QED) is 0.522. The van der Waals surface area contributed by atoms with Crippen LogP contribution in [0.1, 0.15) is 29.4 Å². The van der Waals surface area contributed by atoms with E-state index < -0.39 is 0 Å². The molecule has 0 aliphatic carbocycles. The molecule has 2 bridgehead atoms. The topological polar surface area (TPSA) is 83.2 Å². The van der Waals surface area contributed by atoms with Crippen LogP contribution >= 0.6 is 0 Å². The molecule has 2 aromatic heterocycles. The second-order valence-electron chi connectivity index (χ2n) is 11.2. The summed E-state index contributed by atoms with van der Waals surface area (Å²) in [5, 5.41) is 10.8. The number of rotatable bonds is 6. The highest BCUT2D eigenvalue weighted by atomic mass is 16.5. The third kappa shape index (κ3) is 4.96. The summed E-state index contributed by atoms with van der Waals surface area (Å²) in [6, 6.07) is 15.2. The molecule has 1 aromatic carbocycles. The molecule has 0 radical (unpaired) electrons. The highest BCUT2D eigenvalue weighted by Crippen LogP contribution is 2.35. The average molecular weight is 532 g/mol. The largest absolute Gasteiger partial charge is 0.503 e. The van der Waals surface area contributed by atoms with Gasteiger partial charge in [0.15, 0.2) is 5.75 Å². The molecule has 206 valence electrons. The highest BCUT2D eigenvalue weighted by molar-refractivity contribution is 5.58. The number of pyridine rings is 2. The molecule has 3 aliphatic rings. The van der Waals surface area contributed by atoms with Crippen molar-refractivity contribution in [3.05, 3.63) is 86.2 Å². The average Bonchev–Trinajstić information content (AvgIpc) is 2.95. The first kappa shape index (κ1) is 25.7. The van der Waals surface area contributed by atoms with Crippen molar-refractivity contribution < 1.29 is 9.84 Å². The van der Waals surface area contributed by atoms with Gasteiger partial charge in [0.05, 0.1) is 18.5 Å². The molecule has 6 rings (SSSR count). The first-order valence-electron chi connectivity index (χ1n) is 13.8. The summed E-state index contributed by atoms with van der Waals surface area (Å²) in [5.74, 6) is 1.46. The Labute approximate surface area is 228 Å². The van der Waals surface area contributed by atoms with E-state index in [2.05, 4.69) is 26.8 Å². The maximum absolute atomic E-state index is 12.8. The molecule has 0 saturated carbocycles. The zero-order chi connectivity index (χ0) is 27.1. The van der Waals surface area contributed by atoms with Gasteiger partial charge in [-0.2, -0.15) is 0 Å². The van der Waals surface area contributed by atoms with Gasteiger partial charge < -0.3 is 23.9 Å². The van der Waals surface area contributed by atoms with Crippen molar-refractivity contribution in [2.45, 2.75) is 32.0 Å². The Hall–Kier alpha value is -3.56. The van der Waals surface area contributed by atoms with Crippen LogP contribution in [0.5, 0.6) is 11.5 Å². The van der Waals surface area contributed by atoms with Gasteiger partial charge >= 0.3 is 0 Å². The second kappa shape index (κ2) is 10.5. The Kier molecular flexibility index (Phi) is 6.95. The molecule has 39 heavy (non-hydrogen) atoms. The monoisotopic (exact) mass is 531 g/mol. The van der Waals surface area contributed by atoms with Crippen LogP contribution in [-0.2, 0) is 26.7 Å². The number of nitrogens with zero attached hydrogens (tertiary/aromatic N) is 5. The molecule has 9 nitrogen and oxygen atoms in total. The van der Waals surface area contributed by atoms with Gasteiger partial charge in [-0.3, -0.25) is 19.4 Å². The van der Waals surface area contributed by atoms with E-state index in [1.165, 1.54) is 0 Å². The van der Waals surface area contributed by atoms with Gasteiger partial charge in [0, 0.05) is 95.4 Å². The second-order valence-corrected chi connectivity index (χ2v) is 11.2. The van der Waals surface area contributed by atoms with E-state index in [1.54, 1.807) is 19.2 Å². The predicted molar refractivity (Wildman–Crippen MR) is 151 cm³/mol. The van der Waals surface area contributed by atoms with Crippen LogP contribution in [0.3, 0.4) is 0 Å². The number of fused-ring (bicyclic) bond motifs is 4. The van der Waals surface area contributed by atoms with Crippen molar-refractivity contribution in [3.63, 3.8) is 0 Å². The fraction of sp³-hybridized carbons (Fsp3) is 0.467. The van der Waals surface area contributed by atoms with Gasteiger partial charge in [-0.1, -0.05) is 18.2 Å². The predicted octanol–water partition coefficient (Wildman–Crippen LogP) is 2.20. The number of anilines is 1. The zero-order valence-corrected chi connectivity index (χ0v) is 22.8. The Balaban J connectivity index is 1.16. The standard InChI is InChI=1S/C30H37N5O4/c1-31-23(19-33-16-21-14-22(18-33)24-7-5-9-29(37)35(24)17-21)15-27(36)30(38)26(31)20-32-10-12-34(13-11-32)25-6-3-4-8-28(25)39-2/h3-9,15,21-22,38H,10-14,16-20H2,1-2H3/t21-,22+/m0/s1. The molecule has 1 N–H and O–H groups in total. The molecule has 2 fully saturated rings. The van der Waals surface area contributed by atoms with Crippen LogP contribution < -0.4 is 20.6 Å². The van der Waals surface area contributed by atoms with Crippen LogP contribution in [-0.4, -0.2) is 70.4 Å². The minimum absolute atomic E-state index is 0.0879. The van der Waals surface area contributed by atoms with E-state index in [1.807, 2.05) is 40.4 Å². The molecular formula is C30H37N5O4. The zero-order valence-electron chi connectivity index (χ0n) is 22.8. The lowest BCUT2D eigenvalue weighted by Crippen LogP contribution is -2.47. The molecule has 9 heteroatoms.